The summed E-state index contributed by atoms with van der Waals surface area (Å²) in [6.45, 7) is 1.73. The van der Waals surface area contributed by atoms with Crippen LogP contribution >= 0.6 is 0 Å². The lowest BCUT2D eigenvalue weighted by atomic mass is 10.1. The number of hydrogen-bond donors (Lipinski definition) is 1. The van der Waals surface area contributed by atoms with Crippen LogP contribution in [0, 0.1) is 18.6 Å². The Balaban J connectivity index is 2.58. The summed E-state index contributed by atoms with van der Waals surface area (Å²) in [4.78, 5) is 3.98. The second-order valence-corrected chi connectivity index (χ2v) is 3.15. The summed E-state index contributed by atoms with van der Waals surface area (Å²) >= 11 is 0. The third-order valence-corrected chi connectivity index (χ3v) is 1.94. The van der Waals surface area contributed by atoms with Crippen molar-refractivity contribution in [1.82, 2.24) is 4.98 Å². The molecule has 0 aliphatic carbocycles. The van der Waals surface area contributed by atoms with E-state index in [1.165, 1.54) is 6.26 Å². The standard InChI is InChI=1S/C10H8F2N2O/c1-5-4-15-10(14-5)6-2-7(11)8(12)3-9(6)13/h2-4H,13H2,1H3. The van der Waals surface area contributed by atoms with Gasteiger partial charge in [-0.05, 0) is 13.0 Å². The molecule has 0 saturated heterocycles. The Morgan fingerprint density at radius 1 is 1.27 bits per heavy atom. The van der Waals surface area contributed by atoms with Gasteiger partial charge in [0.2, 0.25) is 5.89 Å². The molecule has 2 N–H and O–H groups in total. The second-order valence-electron chi connectivity index (χ2n) is 3.15. The number of halogens is 2. The molecule has 0 amide bonds. The minimum atomic E-state index is -0.987. The third kappa shape index (κ3) is 1.68. The Hall–Kier alpha value is -1.91. The van der Waals surface area contributed by atoms with Crippen molar-refractivity contribution in [2.45, 2.75) is 6.92 Å². The van der Waals surface area contributed by atoms with Crippen LogP contribution in [-0.2, 0) is 0 Å². The largest absolute Gasteiger partial charge is 0.444 e. The summed E-state index contributed by atoms with van der Waals surface area (Å²) in [5.74, 6) is -1.78. The maximum absolute atomic E-state index is 13.0. The average molecular weight is 210 g/mol. The van der Waals surface area contributed by atoms with E-state index >= 15 is 0 Å². The summed E-state index contributed by atoms with van der Waals surface area (Å²) in [5, 5.41) is 0. The molecule has 0 aliphatic heterocycles. The molecule has 3 nitrogen and oxygen atoms in total. The predicted molar refractivity (Wildman–Crippen MR) is 51.0 cm³/mol. The molecule has 1 aromatic heterocycles. The first-order valence-electron chi connectivity index (χ1n) is 4.25. The minimum Gasteiger partial charge on any atom is -0.444 e. The fourth-order valence-corrected chi connectivity index (χ4v) is 1.23. The van der Waals surface area contributed by atoms with Gasteiger partial charge in [0, 0.05) is 11.8 Å². The molecule has 0 radical (unpaired) electrons. The maximum atomic E-state index is 13.0. The summed E-state index contributed by atoms with van der Waals surface area (Å²) in [7, 11) is 0. The van der Waals surface area contributed by atoms with Gasteiger partial charge in [0.15, 0.2) is 11.6 Å². The lowest BCUT2D eigenvalue weighted by molar-refractivity contribution is 0.508. The van der Waals surface area contributed by atoms with Gasteiger partial charge in [-0.3, -0.25) is 0 Å². The first kappa shape index (κ1) is 9.64. The third-order valence-electron chi connectivity index (χ3n) is 1.94. The predicted octanol–water partition coefficient (Wildman–Crippen LogP) is 2.51. The smallest absolute Gasteiger partial charge is 0.228 e. The number of rotatable bonds is 1. The van der Waals surface area contributed by atoms with Gasteiger partial charge < -0.3 is 10.2 Å². The van der Waals surface area contributed by atoms with Crippen molar-refractivity contribution in [3.63, 3.8) is 0 Å². The molecule has 0 spiro atoms. The van der Waals surface area contributed by atoms with Crippen molar-refractivity contribution in [2.24, 2.45) is 0 Å². The highest BCUT2D eigenvalue weighted by atomic mass is 19.2. The SMILES string of the molecule is Cc1coc(-c2cc(F)c(F)cc2N)n1. The number of hydrogen-bond acceptors (Lipinski definition) is 3. The maximum Gasteiger partial charge on any atom is 0.228 e. The van der Waals surface area contributed by atoms with Gasteiger partial charge in [0.05, 0.1) is 11.3 Å². The van der Waals surface area contributed by atoms with Crippen LogP contribution in [0.3, 0.4) is 0 Å². The molecule has 2 rings (SSSR count). The van der Waals surface area contributed by atoms with Crippen LogP contribution in [0.4, 0.5) is 14.5 Å². The summed E-state index contributed by atoms with van der Waals surface area (Å²) in [6, 6.07) is 1.88. The highest BCUT2D eigenvalue weighted by Gasteiger charge is 2.13. The fourth-order valence-electron chi connectivity index (χ4n) is 1.23. The monoisotopic (exact) mass is 210 g/mol. The zero-order chi connectivity index (χ0) is 11.0. The van der Waals surface area contributed by atoms with Crippen molar-refractivity contribution >= 4 is 5.69 Å². The van der Waals surface area contributed by atoms with E-state index in [0.29, 0.717) is 5.69 Å². The number of nitrogen functional groups attached to an aromatic ring is 1. The number of aromatic nitrogens is 1. The molecule has 2 aromatic rings. The lowest BCUT2D eigenvalue weighted by Gasteiger charge is -2.01. The van der Waals surface area contributed by atoms with Crippen molar-refractivity contribution in [1.29, 1.82) is 0 Å². The highest BCUT2D eigenvalue weighted by Crippen LogP contribution is 2.27. The van der Waals surface area contributed by atoms with E-state index in [-0.39, 0.29) is 17.1 Å². The first-order valence-corrected chi connectivity index (χ1v) is 4.25. The van der Waals surface area contributed by atoms with Gasteiger partial charge in [0.25, 0.3) is 0 Å². The summed E-state index contributed by atoms with van der Waals surface area (Å²) in [5.41, 5.74) is 6.52. The van der Waals surface area contributed by atoms with E-state index < -0.39 is 11.6 Å². The highest BCUT2D eigenvalue weighted by molar-refractivity contribution is 5.70. The Kier molecular flexibility index (Phi) is 2.15. The lowest BCUT2D eigenvalue weighted by Crippen LogP contribution is -1.94. The molecule has 0 aliphatic rings. The normalized spacial score (nSPS) is 10.6. The number of anilines is 1. The zero-order valence-corrected chi connectivity index (χ0v) is 7.92. The molecule has 1 aromatic carbocycles. The van der Waals surface area contributed by atoms with Crippen LogP contribution in [0.2, 0.25) is 0 Å². The number of benzene rings is 1. The quantitative estimate of drug-likeness (QED) is 0.736. The molecule has 0 fully saturated rings. The Morgan fingerprint density at radius 2 is 1.93 bits per heavy atom. The Bertz CT molecular complexity index is 508. The molecule has 15 heavy (non-hydrogen) atoms. The summed E-state index contributed by atoms with van der Waals surface area (Å²) < 4.78 is 30.8. The molecule has 0 bridgehead atoms. The van der Waals surface area contributed by atoms with Gasteiger partial charge in [-0.25, -0.2) is 13.8 Å². The Labute approximate surface area is 84.5 Å². The van der Waals surface area contributed by atoms with E-state index in [1.54, 1.807) is 6.92 Å². The van der Waals surface area contributed by atoms with Gasteiger partial charge in [-0.2, -0.15) is 0 Å². The second kappa shape index (κ2) is 3.34. The number of nitrogens with zero attached hydrogens (tertiary/aromatic N) is 1. The van der Waals surface area contributed by atoms with Crippen molar-refractivity contribution < 1.29 is 13.2 Å². The van der Waals surface area contributed by atoms with E-state index in [1.807, 2.05) is 0 Å². The van der Waals surface area contributed by atoms with Crippen molar-refractivity contribution in [2.75, 3.05) is 5.73 Å². The molecule has 0 atom stereocenters. The van der Waals surface area contributed by atoms with Crippen LogP contribution in [-0.4, -0.2) is 4.98 Å². The molecule has 0 unspecified atom stereocenters. The van der Waals surface area contributed by atoms with Crippen LogP contribution in [0.5, 0.6) is 0 Å². The molecule has 5 heteroatoms. The molecule has 1 heterocycles. The van der Waals surface area contributed by atoms with E-state index in [2.05, 4.69) is 4.98 Å². The summed E-state index contributed by atoms with van der Waals surface area (Å²) in [6.07, 6.45) is 1.41. The van der Waals surface area contributed by atoms with Crippen LogP contribution in [0.25, 0.3) is 11.5 Å². The first-order chi connectivity index (χ1) is 7.08. The topological polar surface area (TPSA) is 52.0 Å². The van der Waals surface area contributed by atoms with Gasteiger partial charge in [0.1, 0.15) is 6.26 Å². The van der Waals surface area contributed by atoms with Gasteiger partial charge >= 0.3 is 0 Å². The van der Waals surface area contributed by atoms with Crippen LogP contribution in [0.1, 0.15) is 5.69 Å². The van der Waals surface area contributed by atoms with Gasteiger partial charge in [-0.15, -0.1) is 0 Å². The molecule has 78 valence electrons. The number of oxazole rings is 1. The number of nitrogens with two attached hydrogens (primary N) is 1. The van der Waals surface area contributed by atoms with E-state index in [0.717, 1.165) is 12.1 Å². The Morgan fingerprint density at radius 3 is 2.53 bits per heavy atom. The number of aryl methyl sites for hydroxylation is 1. The molecule has 0 saturated carbocycles. The van der Waals surface area contributed by atoms with Crippen LogP contribution < -0.4 is 5.73 Å². The molecular formula is C10H8F2N2O. The van der Waals surface area contributed by atoms with Crippen molar-refractivity contribution in [3.05, 3.63) is 35.7 Å². The van der Waals surface area contributed by atoms with E-state index in [4.69, 9.17) is 10.2 Å². The van der Waals surface area contributed by atoms with E-state index in [9.17, 15) is 8.78 Å². The fraction of sp³-hybridized carbons (Fsp3) is 0.100. The van der Waals surface area contributed by atoms with Crippen LogP contribution in [0.15, 0.2) is 22.8 Å². The minimum absolute atomic E-state index is 0.0933. The average Bonchev–Trinajstić information content (AvgIpc) is 2.58. The van der Waals surface area contributed by atoms with Crippen molar-refractivity contribution in [3.8, 4) is 11.5 Å². The van der Waals surface area contributed by atoms with Gasteiger partial charge in [-0.1, -0.05) is 0 Å². The molecular weight excluding hydrogens is 202 g/mol. The zero-order valence-electron chi connectivity index (χ0n) is 7.92.